The lowest BCUT2D eigenvalue weighted by atomic mass is 9.44. The molecule has 0 radical (unpaired) electrons. The summed E-state index contributed by atoms with van der Waals surface area (Å²) >= 11 is 0. The van der Waals surface area contributed by atoms with Gasteiger partial charge >= 0.3 is 0 Å². The number of ether oxygens (including phenoxy) is 10. The summed E-state index contributed by atoms with van der Waals surface area (Å²) in [4.78, 5) is 0. The monoisotopic (exact) mass is 1060 g/mol. The molecule has 1 unspecified atom stereocenters. The van der Waals surface area contributed by atoms with Gasteiger partial charge in [-0.25, -0.2) is 0 Å². The molecule has 10 aliphatic rings. The summed E-state index contributed by atoms with van der Waals surface area (Å²) in [6.45, 7) is 6.96. The Morgan fingerprint density at radius 1 is 0.473 bits per heavy atom. The molecule has 13 N–H and O–H groups in total. The van der Waals surface area contributed by atoms with Crippen molar-refractivity contribution >= 4 is 0 Å². The van der Waals surface area contributed by atoms with E-state index in [0.717, 1.165) is 58.0 Å². The molecule has 23 heteroatoms. The molecule has 6 aliphatic heterocycles. The summed E-state index contributed by atoms with van der Waals surface area (Å²) in [5.74, 6) is 2.99. The van der Waals surface area contributed by atoms with E-state index in [-0.39, 0.29) is 23.0 Å². The summed E-state index contributed by atoms with van der Waals surface area (Å²) in [6, 6.07) is 0. The van der Waals surface area contributed by atoms with Gasteiger partial charge in [-0.15, -0.1) is 0 Å². The van der Waals surface area contributed by atoms with Crippen molar-refractivity contribution in [2.24, 2.45) is 52.3 Å². The van der Waals surface area contributed by atoms with Crippen LogP contribution in [0.4, 0.5) is 0 Å². The van der Waals surface area contributed by atoms with Crippen LogP contribution in [0.3, 0.4) is 0 Å². The first-order valence-electron chi connectivity index (χ1n) is 27.3. The summed E-state index contributed by atoms with van der Waals surface area (Å²) in [5.41, 5.74) is 0.270. The molecule has 1 spiro atoms. The molecule has 4 saturated carbocycles. The molecule has 4 aliphatic carbocycles. The zero-order valence-corrected chi connectivity index (χ0v) is 42.7. The smallest absolute Gasteiger partial charge is 0.187 e. The van der Waals surface area contributed by atoms with Gasteiger partial charge in [-0.05, 0) is 104 Å². The van der Waals surface area contributed by atoms with E-state index in [0.29, 0.717) is 54.3 Å². The van der Waals surface area contributed by atoms with E-state index in [9.17, 15) is 66.4 Å². The average molecular weight is 1070 g/mol. The minimum absolute atomic E-state index is 0.0782. The molecule has 0 aromatic heterocycles. The lowest BCUT2D eigenvalue weighted by molar-refractivity contribution is -0.406. The van der Waals surface area contributed by atoms with Crippen LogP contribution < -0.4 is 0 Å². The van der Waals surface area contributed by atoms with E-state index >= 15 is 0 Å². The highest BCUT2D eigenvalue weighted by Gasteiger charge is 2.69. The van der Waals surface area contributed by atoms with Crippen LogP contribution in [0.5, 0.6) is 0 Å². The molecule has 0 bridgehead atoms. The van der Waals surface area contributed by atoms with Gasteiger partial charge in [0.25, 0.3) is 0 Å². The quantitative estimate of drug-likeness (QED) is 0.0872. The Morgan fingerprint density at radius 2 is 1.01 bits per heavy atom. The van der Waals surface area contributed by atoms with Crippen LogP contribution in [0.1, 0.15) is 91.9 Å². The Balaban J connectivity index is 0.820. The zero-order valence-electron chi connectivity index (χ0n) is 42.7. The highest BCUT2D eigenvalue weighted by molar-refractivity contribution is 5.15. The summed E-state index contributed by atoms with van der Waals surface area (Å²) in [7, 11) is 0. The highest BCUT2D eigenvalue weighted by Crippen LogP contribution is 2.71. The molecule has 32 atom stereocenters. The van der Waals surface area contributed by atoms with Crippen molar-refractivity contribution in [2.45, 2.75) is 233 Å². The van der Waals surface area contributed by atoms with E-state index in [2.05, 4.69) is 27.7 Å². The van der Waals surface area contributed by atoms with Gasteiger partial charge in [-0.1, -0.05) is 27.7 Å². The number of fused-ring (bicyclic) bond motifs is 7. The summed E-state index contributed by atoms with van der Waals surface area (Å²) in [5, 5.41) is 140. The Bertz CT molecular complexity index is 1880. The fourth-order valence-corrected chi connectivity index (χ4v) is 16.2. The minimum Gasteiger partial charge on any atom is -0.394 e. The van der Waals surface area contributed by atoms with Crippen LogP contribution in [-0.2, 0) is 47.4 Å². The third-order valence-corrected chi connectivity index (χ3v) is 20.4. The molecule has 6 saturated heterocycles. The van der Waals surface area contributed by atoms with Crippen molar-refractivity contribution in [1.29, 1.82) is 0 Å². The molecule has 10 rings (SSSR count). The fourth-order valence-electron chi connectivity index (χ4n) is 16.2. The number of rotatable bonds is 12. The molecule has 0 aromatic carbocycles. The maximum Gasteiger partial charge on any atom is 0.187 e. The second kappa shape index (κ2) is 21.9. The third kappa shape index (κ3) is 9.56. The Kier molecular flexibility index (Phi) is 16.6. The van der Waals surface area contributed by atoms with E-state index in [1.165, 1.54) is 0 Å². The van der Waals surface area contributed by atoms with Gasteiger partial charge in [-0.3, -0.25) is 0 Å². The molecule has 426 valence electrons. The van der Waals surface area contributed by atoms with Crippen molar-refractivity contribution in [3.8, 4) is 0 Å². The van der Waals surface area contributed by atoms with Gasteiger partial charge in [0.05, 0.1) is 45.2 Å². The third-order valence-electron chi connectivity index (χ3n) is 20.4. The Morgan fingerprint density at radius 3 is 1.62 bits per heavy atom. The average Bonchev–Trinajstić information content (AvgIpc) is 3.84. The van der Waals surface area contributed by atoms with Crippen LogP contribution in [0.2, 0.25) is 0 Å². The first-order chi connectivity index (χ1) is 35.2. The van der Waals surface area contributed by atoms with Crippen LogP contribution in [0.25, 0.3) is 0 Å². The normalized spacial score (nSPS) is 57.6. The van der Waals surface area contributed by atoms with Gasteiger partial charge in [0.15, 0.2) is 30.9 Å². The SMILES string of the molecule is CC1CC[C@@]2(OC1)O[C@H]1C[C@H]3[C@@H]4CC[C@H]5C[C@@H](O[C@@H]6O[C@H](CO)[C@H](O[C@@H]7O[C@H](CO)[C@@H](O)[C@H](O[C@@H]8O[C@H](CO)[C@@H](O)[C@H](O)[C@H]8O)[C@H]7O[C@@H]7O[C@H](CO)[C@@H](O)[C@H](O)[C@H]7O)[C@H](O)[C@H]6O)CC[C@]5(C)[C@H]4CC[C@]3(C)[C@H]1[C@@H]2C. The van der Waals surface area contributed by atoms with Gasteiger partial charge in [0.1, 0.15) is 97.7 Å². The van der Waals surface area contributed by atoms with Crippen molar-refractivity contribution in [1.82, 2.24) is 0 Å². The molecule has 23 nitrogen and oxygen atoms in total. The van der Waals surface area contributed by atoms with Crippen LogP contribution in [0, 0.1) is 52.3 Å². The maximum atomic E-state index is 11.8. The fraction of sp³-hybridized carbons (Fsp3) is 1.00. The van der Waals surface area contributed by atoms with Crippen molar-refractivity contribution in [3.05, 3.63) is 0 Å². The van der Waals surface area contributed by atoms with E-state index in [1.54, 1.807) is 0 Å². The zero-order chi connectivity index (χ0) is 52.9. The van der Waals surface area contributed by atoms with Gasteiger partial charge < -0.3 is 114 Å². The lowest BCUT2D eigenvalue weighted by Gasteiger charge is -2.61. The molecule has 0 aromatic rings. The number of hydrogen-bond donors (Lipinski definition) is 13. The number of aliphatic hydroxyl groups is 13. The molecule has 6 heterocycles. The van der Waals surface area contributed by atoms with Crippen molar-refractivity contribution in [2.75, 3.05) is 33.0 Å². The van der Waals surface area contributed by atoms with E-state index in [1.807, 2.05) is 0 Å². The second-order valence-corrected chi connectivity index (χ2v) is 24.3. The minimum atomic E-state index is -2.03. The van der Waals surface area contributed by atoms with Gasteiger partial charge in [-0.2, -0.15) is 0 Å². The summed E-state index contributed by atoms with van der Waals surface area (Å²) < 4.78 is 61.6. The summed E-state index contributed by atoms with van der Waals surface area (Å²) in [6.07, 6.45) is -25.9. The predicted molar refractivity (Wildman–Crippen MR) is 248 cm³/mol. The first kappa shape index (κ1) is 56.4. The van der Waals surface area contributed by atoms with E-state index < -0.39 is 155 Å². The van der Waals surface area contributed by atoms with Crippen LogP contribution >= 0.6 is 0 Å². The molecular formula is C51H84O23. The number of hydrogen-bond acceptors (Lipinski definition) is 23. The molecule has 0 amide bonds. The predicted octanol–water partition coefficient (Wildman–Crippen LogP) is -2.91. The Hall–Kier alpha value is -0.920. The van der Waals surface area contributed by atoms with Crippen molar-refractivity contribution in [3.63, 3.8) is 0 Å². The van der Waals surface area contributed by atoms with Gasteiger partial charge in [0, 0.05) is 12.3 Å². The first-order valence-corrected chi connectivity index (χ1v) is 27.3. The lowest BCUT2D eigenvalue weighted by Crippen LogP contribution is -2.68. The Labute approximate surface area is 430 Å². The molecular weight excluding hydrogens is 981 g/mol. The number of aliphatic hydroxyl groups excluding tert-OH is 13. The topological polar surface area (TPSA) is 355 Å². The standard InChI is InChI=1S/C51H84O23/c1-20-7-12-51(65-19-20)21(2)32-27(74-51)14-26-24-6-5-22-13-23(8-10-49(22,3)25(24)9-11-50(26,32)4)66-45-41(64)38(61)42(31(18-55)70-45)71-48-44(73-47-40(63)37(60)34(57)29(16-53)68-47)43(35(58)30(17-54)69-48)72-46-39(62)36(59)33(56)28(15-52)67-46/h20-48,52-64H,5-19H2,1-4H3/t20?,21-,22-,23-,24+,25-,26-,27-,28+,29+,30+,31+,32-,33+,34+,35+,36-,37-,38+,39+,40+,41+,42-,43-,44+,45+,46-,47-,48-,49-,50-,51+/m0/s1. The van der Waals surface area contributed by atoms with Crippen molar-refractivity contribution < 1.29 is 114 Å². The maximum absolute atomic E-state index is 11.8. The largest absolute Gasteiger partial charge is 0.394 e. The van der Waals surface area contributed by atoms with Crippen LogP contribution in [-0.4, -0.2) is 240 Å². The second-order valence-electron chi connectivity index (χ2n) is 24.3. The molecule has 10 fully saturated rings. The van der Waals surface area contributed by atoms with Crippen LogP contribution in [0.15, 0.2) is 0 Å². The van der Waals surface area contributed by atoms with Gasteiger partial charge in [0.2, 0.25) is 0 Å². The molecule has 74 heavy (non-hydrogen) atoms. The van der Waals surface area contributed by atoms with E-state index in [4.69, 9.17) is 47.4 Å². The highest BCUT2D eigenvalue weighted by atomic mass is 16.8.